The lowest BCUT2D eigenvalue weighted by atomic mass is 9.90. The molecule has 4 nitrogen and oxygen atoms in total. The van der Waals surface area contributed by atoms with E-state index in [0.717, 1.165) is 25.0 Å². The summed E-state index contributed by atoms with van der Waals surface area (Å²) in [5.74, 6) is -0.686. The predicted molar refractivity (Wildman–Crippen MR) is 73.9 cm³/mol. The summed E-state index contributed by atoms with van der Waals surface area (Å²) in [5, 5.41) is 10.5. The molecule has 3 rings (SSSR count). The quantitative estimate of drug-likeness (QED) is 0.889. The summed E-state index contributed by atoms with van der Waals surface area (Å²) in [6.07, 6.45) is 2.76. The number of aromatic nitrogens is 1. The van der Waals surface area contributed by atoms with E-state index in [1.165, 1.54) is 10.9 Å². The van der Waals surface area contributed by atoms with Gasteiger partial charge in [-0.25, -0.2) is 0 Å². The monoisotopic (exact) mass is 258 g/mol. The van der Waals surface area contributed by atoms with E-state index in [-0.39, 0.29) is 0 Å². The Morgan fingerprint density at radius 2 is 2.26 bits per heavy atom. The number of carboxylic acids is 1. The number of aromatic amines is 1. The summed E-state index contributed by atoms with van der Waals surface area (Å²) >= 11 is 0. The highest BCUT2D eigenvalue weighted by atomic mass is 16.4. The van der Waals surface area contributed by atoms with Crippen LogP contribution in [0.15, 0.2) is 30.5 Å². The maximum Gasteiger partial charge on any atom is 0.310 e. The molecule has 100 valence electrons. The van der Waals surface area contributed by atoms with E-state index in [2.05, 4.69) is 22.0 Å². The number of H-pyrrole nitrogens is 1. The van der Waals surface area contributed by atoms with Gasteiger partial charge >= 0.3 is 5.97 Å². The van der Waals surface area contributed by atoms with Crippen LogP contribution in [-0.2, 0) is 11.3 Å². The molecular formula is C15H18N2O2. The van der Waals surface area contributed by atoms with Gasteiger partial charge in [-0.2, -0.15) is 0 Å². The maximum absolute atomic E-state index is 11.3. The third kappa shape index (κ3) is 2.12. The normalized spacial score (nSPS) is 24.1. The van der Waals surface area contributed by atoms with Crippen LogP contribution in [0, 0.1) is 5.41 Å². The second-order valence-electron chi connectivity index (χ2n) is 5.69. The first-order valence-electron chi connectivity index (χ1n) is 6.59. The number of carbonyl (C=O) groups is 1. The van der Waals surface area contributed by atoms with Crippen LogP contribution in [0.1, 0.15) is 18.9 Å². The first-order valence-corrected chi connectivity index (χ1v) is 6.59. The maximum atomic E-state index is 11.3. The number of para-hydroxylation sites is 1. The standard InChI is InChI=1S/C15H18N2O2/c1-15(14(18)19)6-7-17(10-15)9-11-8-16-13-5-3-2-4-12(11)13/h2-5,8,16H,6-7,9-10H2,1H3,(H,18,19). The van der Waals surface area contributed by atoms with Crippen LogP contribution < -0.4 is 0 Å². The van der Waals surface area contributed by atoms with E-state index in [0.29, 0.717) is 6.54 Å². The number of likely N-dealkylation sites (tertiary alicyclic amines) is 1. The highest BCUT2D eigenvalue weighted by molar-refractivity contribution is 5.83. The predicted octanol–water partition coefficient (Wildman–Crippen LogP) is 2.46. The minimum atomic E-state index is -0.686. The number of nitrogens with one attached hydrogen (secondary N) is 1. The fourth-order valence-corrected chi connectivity index (χ4v) is 2.87. The lowest BCUT2D eigenvalue weighted by molar-refractivity contribution is -0.147. The largest absolute Gasteiger partial charge is 0.481 e. The molecule has 1 unspecified atom stereocenters. The van der Waals surface area contributed by atoms with Crippen molar-refractivity contribution >= 4 is 16.9 Å². The van der Waals surface area contributed by atoms with Gasteiger partial charge in [-0.1, -0.05) is 18.2 Å². The Hall–Kier alpha value is -1.81. The third-order valence-corrected chi connectivity index (χ3v) is 4.14. The molecule has 1 aromatic carbocycles. The van der Waals surface area contributed by atoms with Crippen molar-refractivity contribution in [1.29, 1.82) is 0 Å². The van der Waals surface area contributed by atoms with Crippen molar-refractivity contribution in [3.8, 4) is 0 Å². The average molecular weight is 258 g/mol. The number of aliphatic carboxylic acids is 1. The Labute approximate surface area is 112 Å². The molecule has 1 aliphatic heterocycles. The molecule has 0 bridgehead atoms. The molecule has 2 N–H and O–H groups in total. The van der Waals surface area contributed by atoms with Crippen molar-refractivity contribution in [1.82, 2.24) is 9.88 Å². The van der Waals surface area contributed by atoms with Crippen LogP contribution in [0.4, 0.5) is 0 Å². The van der Waals surface area contributed by atoms with E-state index in [1.807, 2.05) is 25.3 Å². The van der Waals surface area contributed by atoms with Crippen molar-refractivity contribution in [2.24, 2.45) is 5.41 Å². The summed E-state index contributed by atoms with van der Waals surface area (Å²) < 4.78 is 0. The van der Waals surface area contributed by atoms with Gasteiger partial charge in [0.15, 0.2) is 0 Å². The van der Waals surface area contributed by atoms with Crippen molar-refractivity contribution in [3.63, 3.8) is 0 Å². The smallest absolute Gasteiger partial charge is 0.310 e. The molecule has 0 amide bonds. The highest BCUT2D eigenvalue weighted by Gasteiger charge is 2.40. The first-order chi connectivity index (χ1) is 9.08. The SMILES string of the molecule is CC1(C(=O)O)CCN(Cc2c[nH]c3ccccc23)C1. The lowest BCUT2D eigenvalue weighted by Gasteiger charge is -2.19. The first kappa shape index (κ1) is 12.2. The highest BCUT2D eigenvalue weighted by Crippen LogP contribution is 2.31. The Morgan fingerprint density at radius 1 is 1.47 bits per heavy atom. The molecule has 1 fully saturated rings. The Morgan fingerprint density at radius 3 is 3.00 bits per heavy atom. The number of benzene rings is 1. The van der Waals surface area contributed by atoms with Crippen LogP contribution in [0.2, 0.25) is 0 Å². The summed E-state index contributed by atoms with van der Waals surface area (Å²) in [6, 6.07) is 8.21. The Bertz CT molecular complexity index is 619. The van der Waals surface area contributed by atoms with Crippen molar-refractivity contribution in [2.75, 3.05) is 13.1 Å². The van der Waals surface area contributed by atoms with Gasteiger partial charge in [-0.05, 0) is 31.5 Å². The van der Waals surface area contributed by atoms with Crippen molar-refractivity contribution in [2.45, 2.75) is 19.9 Å². The Kier molecular flexibility index (Phi) is 2.82. The molecule has 19 heavy (non-hydrogen) atoms. The van der Waals surface area contributed by atoms with E-state index in [9.17, 15) is 9.90 Å². The number of carboxylic acid groups (broad SMARTS) is 1. The number of hydrogen-bond acceptors (Lipinski definition) is 2. The van der Waals surface area contributed by atoms with Gasteiger partial charge in [0.05, 0.1) is 5.41 Å². The molecule has 0 radical (unpaired) electrons. The summed E-state index contributed by atoms with van der Waals surface area (Å²) in [6.45, 7) is 4.13. The van der Waals surface area contributed by atoms with Gasteiger partial charge in [0, 0.05) is 30.2 Å². The molecule has 1 aromatic heterocycles. The molecule has 0 spiro atoms. The van der Waals surface area contributed by atoms with E-state index >= 15 is 0 Å². The number of fused-ring (bicyclic) bond motifs is 1. The van der Waals surface area contributed by atoms with E-state index < -0.39 is 11.4 Å². The fourth-order valence-electron chi connectivity index (χ4n) is 2.87. The van der Waals surface area contributed by atoms with Crippen LogP contribution >= 0.6 is 0 Å². The molecule has 1 aliphatic rings. The topological polar surface area (TPSA) is 56.3 Å². The van der Waals surface area contributed by atoms with Gasteiger partial charge in [0.25, 0.3) is 0 Å². The van der Waals surface area contributed by atoms with Gasteiger partial charge in [-0.3, -0.25) is 9.69 Å². The summed E-state index contributed by atoms with van der Waals surface area (Å²) in [4.78, 5) is 16.7. The molecule has 1 saturated heterocycles. The van der Waals surface area contributed by atoms with Crippen molar-refractivity contribution < 1.29 is 9.90 Å². The second-order valence-corrected chi connectivity index (χ2v) is 5.69. The minimum Gasteiger partial charge on any atom is -0.481 e. The zero-order valence-electron chi connectivity index (χ0n) is 11.0. The van der Waals surface area contributed by atoms with Crippen LogP contribution in [-0.4, -0.2) is 34.0 Å². The summed E-state index contributed by atoms with van der Waals surface area (Å²) in [7, 11) is 0. The van der Waals surface area contributed by atoms with E-state index in [1.54, 1.807) is 0 Å². The van der Waals surface area contributed by atoms with Gasteiger partial charge in [0.2, 0.25) is 0 Å². The zero-order valence-corrected chi connectivity index (χ0v) is 11.0. The number of hydrogen-bond donors (Lipinski definition) is 2. The Balaban J connectivity index is 1.78. The fraction of sp³-hybridized carbons (Fsp3) is 0.400. The molecule has 2 heterocycles. The molecule has 4 heteroatoms. The van der Waals surface area contributed by atoms with Crippen LogP contribution in [0.25, 0.3) is 10.9 Å². The molecular weight excluding hydrogens is 240 g/mol. The number of rotatable bonds is 3. The van der Waals surface area contributed by atoms with Crippen LogP contribution in [0.5, 0.6) is 0 Å². The zero-order chi connectivity index (χ0) is 13.5. The van der Waals surface area contributed by atoms with Gasteiger partial charge in [-0.15, -0.1) is 0 Å². The van der Waals surface area contributed by atoms with E-state index in [4.69, 9.17) is 0 Å². The van der Waals surface area contributed by atoms with Crippen LogP contribution in [0.3, 0.4) is 0 Å². The summed E-state index contributed by atoms with van der Waals surface area (Å²) in [5.41, 5.74) is 1.79. The molecule has 0 aliphatic carbocycles. The van der Waals surface area contributed by atoms with Gasteiger partial charge in [0.1, 0.15) is 0 Å². The second kappa shape index (κ2) is 4.38. The van der Waals surface area contributed by atoms with Crippen molar-refractivity contribution in [3.05, 3.63) is 36.0 Å². The van der Waals surface area contributed by atoms with Gasteiger partial charge < -0.3 is 10.1 Å². The molecule has 0 saturated carbocycles. The molecule has 1 atom stereocenters. The third-order valence-electron chi connectivity index (χ3n) is 4.14. The number of nitrogens with zero attached hydrogens (tertiary/aromatic N) is 1. The average Bonchev–Trinajstić information content (AvgIpc) is 2.96. The minimum absolute atomic E-state index is 0.591. The molecule has 2 aromatic rings. The lowest BCUT2D eigenvalue weighted by Crippen LogP contribution is -2.31.